The summed E-state index contributed by atoms with van der Waals surface area (Å²) < 4.78 is 14.2. The Kier molecular flexibility index (Phi) is 5.78. The van der Waals surface area contributed by atoms with Gasteiger partial charge in [0.15, 0.2) is 0 Å². The first-order valence-corrected chi connectivity index (χ1v) is 7.91. The van der Waals surface area contributed by atoms with Gasteiger partial charge in [0, 0.05) is 25.3 Å². The summed E-state index contributed by atoms with van der Waals surface area (Å²) >= 11 is 0. The van der Waals surface area contributed by atoms with E-state index in [1.165, 1.54) is 6.07 Å². The van der Waals surface area contributed by atoms with Crippen molar-refractivity contribution in [3.05, 3.63) is 24.0 Å². The van der Waals surface area contributed by atoms with Crippen molar-refractivity contribution in [1.82, 2.24) is 10.6 Å². The topological polar surface area (TPSA) is 73.5 Å². The van der Waals surface area contributed by atoms with Crippen molar-refractivity contribution in [2.45, 2.75) is 32.7 Å². The second-order valence-corrected chi connectivity index (χ2v) is 5.58. The third-order valence-electron chi connectivity index (χ3n) is 3.74. The molecule has 2 rings (SSSR count). The minimum atomic E-state index is -0.663. The largest absolute Gasteiger partial charge is 0.369 e. The summed E-state index contributed by atoms with van der Waals surface area (Å²) in [7, 11) is 0. The number of hydrogen-bond acceptors (Lipinski definition) is 3. The molecule has 0 bridgehead atoms. The Morgan fingerprint density at radius 2 is 2.00 bits per heavy atom. The zero-order valence-corrected chi connectivity index (χ0v) is 13.5. The van der Waals surface area contributed by atoms with Gasteiger partial charge in [-0.15, -0.1) is 0 Å². The Labute approximate surface area is 135 Å². The number of urea groups is 1. The highest BCUT2D eigenvalue weighted by molar-refractivity contribution is 5.93. The quantitative estimate of drug-likeness (QED) is 0.777. The van der Waals surface area contributed by atoms with Gasteiger partial charge in [-0.1, -0.05) is 0 Å². The van der Waals surface area contributed by atoms with E-state index in [1.54, 1.807) is 26.0 Å². The summed E-state index contributed by atoms with van der Waals surface area (Å²) in [5.41, 5.74) is 0.912. The van der Waals surface area contributed by atoms with Gasteiger partial charge in [-0.05, 0) is 44.9 Å². The van der Waals surface area contributed by atoms with Crippen molar-refractivity contribution in [2.24, 2.45) is 0 Å². The molecule has 1 aliphatic rings. The molecule has 0 saturated carbocycles. The smallest absolute Gasteiger partial charge is 0.319 e. The number of rotatable bonds is 5. The molecule has 0 aromatic heterocycles. The van der Waals surface area contributed by atoms with Crippen LogP contribution in [0.2, 0.25) is 0 Å². The van der Waals surface area contributed by atoms with E-state index in [1.807, 2.05) is 4.90 Å². The third kappa shape index (κ3) is 4.58. The van der Waals surface area contributed by atoms with Gasteiger partial charge in [-0.3, -0.25) is 4.79 Å². The molecular weight excluding hydrogens is 299 g/mol. The SMILES string of the molecule is CCNC(=O)[C@H](C)NC(=O)Nc1ccc(N2CCCC2)c(F)c1. The van der Waals surface area contributed by atoms with Crippen LogP contribution in [0.15, 0.2) is 18.2 Å². The molecule has 3 amide bonds. The second kappa shape index (κ2) is 7.80. The van der Waals surface area contributed by atoms with E-state index < -0.39 is 12.1 Å². The molecule has 0 aliphatic carbocycles. The predicted molar refractivity (Wildman–Crippen MR) is 88.1 cm³/mol. The highest BCUT2D eigenvalue weighted by Gasteiger charge is 2.18. The van der Waals surface area contributed by atoms with Gasteiger partial charge >= 0.3 is 6.03 Å². The number of likely N-dealkylation sites (N-methyl/N-ethyl adjacent to an activating group) is 1. The number of halogens is 1. The van der Waals surface area contributed by atoms with E-state index in [0.717, 1.165) is 25.9 Å². The van der Waals surface area contributed by atoms with E-state index in [2.05, 4.69) is 16.0 Å². The molecule has 1 aliphatic heterocycles. The maximum atomic E-state index is 14.2. The summed E-state index contributed by atoms with van der Waals surface area (Å²) in [5.74, 6) is -0.625. The number of carbonyl (C=O) groups excluding carboxylic acids is 2. The molecule has 6 nitrogen and oxygen atoms in total. The van der Waals surface area contributed by atoms with Gasteiger partial charge < -0.3 is 20.9 Å². The minimum absolute atomic E-state index is 0.266. The molecule has 3 N–H and O–H groups in total. The third-order valence-corrected chi connectivity index (χ3v) is 3.74. The van der Waals surface area contributed by atoms with Crippen LogP contribution in [0.1, 0.15) is 26.7 Å². The lowest BCUT2D eigenvalue weighted by Crippen LogP contribution is -2.46. The van der Waals surface area contributed by atoms with Gasteiger partial charge in [-0.2, -0.15) is 0 Å². The van der Waals surface area contributed by atoms with Crippen molar-refractivity contribution in [3.8, 4) is 0 Å². The molecule has 0 unspecified atom stereocenters. The fourth-order valence-corrected chi connectivity index (χ4v) is 2.56. The van der Waals surface area contributed by atoms with Crippen LogP contribution in [0.25, 0.3) is 0 Å². The van der Waals surface area contributed by atoms with Gasteiger partial charge in [-0.25, -0.2) is 9.18 Å². The summed E-state index contributed by atoms with van der Waals surface area (Å²) in [6, 6.07) is 3.42. The number of nitrogens with one attached hydrogen (secondary N) is 3. The van der Waals surface area contributed by atoms with Crippen LogP contribution in [-0.2, 0) is 4.79 Å². The van der Waals surface area contributed by atoms with E-state index in [9.17, 15) is 14.0 Å². The first-order chi connectivity index (χ1) is 11.0. The van der Waals surface area contributed by atoms with E-state index in [-0.39, 0.29) is 11.7 Å². The van der Waals surface area contributed by atoms with Crippen LogP contribution in [0.4, 0.5) is 20.6 Å². The molecule has 1 fully saturated rings. The van der Waals surface area contributed by atoms with E-state index in [4.69, 9.17) is 0 Å². The Morgan fingerprint density at radius 3 is 2.61 bits per heavy atom. The van der Waals surface area contributed by atoms with Crippen molar-refractivity contribution >= 4 is 23.3 Å². The molecule has 23 heavy (non-hydrogen) atoms. The van der Waals surface area contributed by atoms with Crippen molar-refractivity contribution in [3.63, 3.8) is 0 Å². The number of anilines is 2. The lowest BCUT2D eigenvalue weighted by molar-refractivity contribution is -0.122. The molecule has 1 aromatic rings. The Balaban J connectivity index is 1.93. The molecule has 0 radical (unpaired) electrons. The summed E-state index contributed by atoms with van der Waals surface area (Å²) in [5, 5.41) is 7.66. The van der Waals surface area contributed by atoms with Gasteiger partial charge in [0.05, 0.1) is 5.69 Å². The average molecular weight is 322 g/mol. The molecule has 1 saturated heterocycles. The van der Waals surface area contributed by atoms with Crippen molar-refractivity contribution < 1.29 is 14.0 Å². The van der Waals surface area contributed by atoms with Crippen LogP contribution in [-0.4, -0.2) is 37.6 Å². The fraction of sp³-hybridized carbons (Fsp3) is 0.500. The molecule has 1 atom stereocenters. The molecule has 0 spiro atoms. The first kappa shape index (κ1) is 17.1. The number of hydrogen-bond donors (Lipinski definition) is 3. The van der Waals surface area contributed by atoms with Crippen LogP contribution in [0, 0.1) is 5.82 Å². The maximum absolute atomic E-state index is 14.2. The first-order valence-electron chi connectivity index (χ1n) is 7.91. The zero-order valence-electron chi connectivity index (χ0n) is 13.5. The lowest BCUT2D eigenvalue weighted by atomic mass is 10.2. The van der Waals surface area contributed by atoms with E-state index in [0.29, 0.717) is 17.9 Å². The molecule has 1 heterocycles. The summed E-state index contributed by atoms with van der Waals surface area (Å²) in [6.45, 7) is 5.59. The number of benzene rings is 1. The molecule has 7 heteroatoms. The minimum Gasteiger partial charge on any atom is -0.369 e. The summed E-state index contributed by atoms with van der Waals surface area (Å²) in [4.78, 5) is 25.4. The predicted octanol–water partition coefficient (Wildman–Crippen LogP) is 2.07. The second-order valence-electron chi connectivity index (χ2n) is 5.58. The molecule has 126 valence electrons. The highest BCUT2D eigenvalue weighted by Crippen LogP contribution is 2.25. The van der Waals surface area contributed by atoms with Gasteiger partial charge in [0.2, 0.25) is 5.91 Å². The van der Waals surface area contributed by atoms with Gasteiger partial charge in [0.25, 0.3) is 0 Å². The number of carbonyl (C=O) groups is 2. The van der Waals surface area contributed by atoms with Crippen molar-refractivity contribution in [2.75, 3.05) is 29.9 Å². The monoisotopic (exact) mass is 322 g/mol. The van der Waals surface area contributed by atoms with E-state index >= 15 is 0 Å². The van der Waals surface area contributed by atoms with Crippen LogP contribution >= 0.6 is 0 Å². The zero-order chi connectivity index (χ0) is 16.8. The number of amides is 3. The highest BCUT2D eigenvalue weighted by atomic mass is 19.1. The lowest BCUT2D eigenvalue weighted by Gasteiger charge is -2.19. The normalized spacial score (nSPS) is 15.2. The molecular formula is C16H23FN4O2. The average Bonchev–Trinajstić information content (AvgIpc) is 3.01. The van der Waals surface area contributed by atoms with Crippen molar-refractivity contribution in [1.29, 1.82) is 0 Å². The maximum Gasteiger partial charge on any atom is 0.319 e. The number of nitrogens with zero attached hydrogens (tertiary/aromatic N) is 1. The fourth-order valence-electron chi connectivity index (χ4n) is 2.56. The summed E-state index contributed by atoms with van der Waals surface area (Å²) in [6.07, 6.45) is 2.14. The van der Waals surface area contributed by atoms with Gasteiger partial charge in [0.1, 0.15) is 11.9 Å². The standard InChI is InChI=1S/C16H23FN4O2/c1-3-18-15(22)11(2)19-16(23)20-12-6-7-14(13(17)10-12)21-8-4-5-9-21/h6-7,10-11H,3-5,8-9H2,1-2H3,(H,18,22)(H2,19,20,23)/t11-/m0/s1. The Bertz CT molecular complexity index is 573. The van der Waals surface area contributed by atoms with Crippen LogP contribution in [0.3, 0.4) is 0 Å². The molecule has 1 aromatic carbocycles. The van der Waals surface area contributed by atoms with Crippen LogP contribution in [0.5, 0.6) is 0 Å². The Morgan fingerprint density at radius 1 is 1.30 bits per heavy atom. The van der Waals surface area contributed by atoms with Crippen LogP contribution < -0.4 is 20.9 Å². The Hall–Kier alpha value is -2.31.